The van der Waals surface area contributed by atoms with E-state index in [-0.39, 0.29) is 0 Å². The molecule has 6 heteroatoms. The average Bonchev–Trinajstić information content (AvgIpc) is 2.46. The number of carbonyl (C=O) groups is 2. The van der Waals surface area contributed by atoms with E-state index in [2.05, 4.69) is 16.2 Å². The van der Waals surface area contributed by atoms with E-state index in [4.69, 9.17) is 11.6 Å². The number of benzene rings is 2. The Balaban J connectivity index is 1.84. The van der Waals surface area contributed by atoms with Crippen molar-refractivity contribution in [2.75, 3.05) is 5.32 Å². The highest BCUT2D eigenvalue weighted by atomic mass is 35.5. The summed E-state index contributed by atoms with van der Waals surface area (Å²) < 4.78 is 0. The van der Waals surface area contributed by atoms with Crippen LogP contribution in [0.1, 0.15) is 10.4 Å². The van der Waals surface area contributed by atoms with Gasteiger partial charge in [0.05, 0.1) is 0 Å². The lowest BCUT2D eigenvalue weighted by molar-refractivity contribution is 0.0938. The maximum absolute atomic E-state index is 11.7. The fraction of sp³-hybridized carbons (Fsp3) is 0. The zero-order chi connectivity index (χ0) is 14.4. The number of para-hydroxylation sites is 1. The average molecular weight is 290 g/mol. The van der Waals surface area contributed by atoms with Crippen LogP contribution in [-0.4, -0.2) is 11.9 Å². The molecule has 0 heterocycles. The third kappa shape index (κ3) is 4.00. The van der Waals surface area contributed by atoms with Crippen LogP contribution in [0.15, 0.2) is 54.6 Å². The lowest BCUT2D eigenvalue weighted by atomic mass is 10.2. The fourth-order valence-corrected chi connectivity index (χ4v) is 1.60. The summed E-state index contributed by atoms with van der Waals surface area (Å²) in [4.78, 5) is 23.3. The van der Waals surface area contributed by atoms with Gasteiger partial charge in [0.1, 0.15) is 0 Å². The van der Waals surface area contributed by atoms with Gasteiger partial charge in [-0.05, 0) is 36.4 Å². The van der Waals surface area contributed by atoms with Crippen molar-refractivity contribution in [2.24, 2.45) is 0 Å². The molecule has 3 amide bonds. The first-order valence-corrected chi connectivity index (χ1v) is 6.21. The Hall–Kier alpha value is -2.53. The molecule has 0 aliphatic rings. The van der Waals surface area contributed by atoms with Crippen LogP contribution in [0.5, 0.6) is 0 Å². The number of rotatable bonds is 2. The van der Waals surface area contributed by atoms with E-state index in [1.807, 2.05) is 6.07 Å². The topological polar surface area (TPSA) is 70.2 Å². The van der Waals surface area contributed by atoms with Crippen LogP contribution >= 0.6 is 11.6 Å². The molecule has 0 aromatic heterocycles. The largest absolute Gasteiger partial charge is 0.337 e. The van der Waals surface area contributed by atoms with Crippen LogP contribution in [0, 0.1) is 0 Å². The smallest absolute Gasteiger partial charge is 0.307 e. The lowest BCUT2D eigenvalue weighted by Crippen LogP contribution is -2.43. The SMILES string of the molecule is O=C(NNC(=O)c1ccc(Cl)cc1)Nc1ccccc1. The van der Waals surface area contributed by atoms with E-state index in [1.54, 1.807) is 48.5 Å². The van der Waals surface area contributed by atoms with Crippen molar-refractivity contribution in [1.82, 2.24) is 10.9 Å². The molecule has 0 bridgehead atoms. The first-order valence-electron chi connectivity index (χ1n) is 5.83. The van der Waals surface area contributed by atoms with Crippen LogP contribution in [0.25, 0.3) is 0 Å². The second-order valence-corrected chi connectivity index (χ2v) is 4.34. The molecule has 2 aromatic carbocycles. The third-order valence-corrected chi connectivity index (χ3v) is 2.68. The maximum atomic E-state index is 11.7. The summed E-state index contributed by atoms with van der Waals surface area (Å²) in [7, 11) is 0. The van der Waals surface area contributed by atoms with Crippen molar-refractivity contribution in [2.45, 2.75) is 0 Å². The number of hydrazine groups is 1. The molecule has 0 saturated heterocycles. The van der Waals surface area contributed by atoms with Crippen LogP contribution in [0.2, 0.25) is 5.02 Å². The summed E-state index contributed by atoms with van der Waals surface area (Å²) in [5, 5.41) is 3.11. The Bertz CT molecular complexity index is 600. The summed E-state index contributed by atoms with van der Waals surface area (Å²) in [5.74, 6) is -0.426. The second-order valence-electron chi connectivity index (χ2n) is 3.91. The monoisotopic (exact) mass is 289 g/mol. The van der Waals surface area contributed by atoms with Gasteiger partial charge in [-0.15, -0.1) is 0 Å². The molecule has 0 aliphatic heterocycles. The highest BCUT2D eigenvalue weighted by Gasteiger charge is 2.06. The molecular formula is C14H12ClN3O2. The van der Waals surface area contributed by atoms with Crippen molar-refractivity contribution in [3.63, 3.8) is 0 Å². The van der Waals surface area contributed by atoms with Gasteiger partial charge in [-0.2, -0.15) is 0 Å². The van der Waals surface area contributed by atoms with Crippen molar-refractivity contribution >= 4 is 29.2 Å². The normalized spacial score (nSPS) is 9.65. The molecule has 0 unspecified atom stereocenters. The molecule has 0 atom stereocenters. The number of halogens is 1. The number of anilines is 1. The zero-order valence-electron chi connectivity index (χ0n) is 10.4. The predicted molar refractivity (Wildman–Crippen MR) is 77.5 cm³/mol. The van der Waals surface area contributed by atoms with Gasteiger partial charge in [-0.3, -0.25) is 10.2 Å². The van der Waals surface area contributed by atoms with E-state index in [0.717, 1.165) is 0 Å². The van der Waals surface area contributed by atoms with Gasteiger partial charge < -0.3 is 5.32 Å². The number of carbonyl (C=O) groups excluding carboxylic acids is 2. The van der Waals surface area contributed by atoms with E-state index in [9.17, 15) is 9.59 Å². The first-order chi connectivity index (χ1) is 9.65. The molecule has 3 N–H and O–H groups in total. The minimum atomic E-state index is -0.529. The molecule has 20 heavy (non-hydrogen) atoms. The molecular weight excluding hydrogens is 278 g/mol. The summed E-state index contributed by atoms with van der Waals surface area (Å²) in [5.41, 5.74) is 5.58. The summed E-state index contributed by atoms with van der Waals surface area (Å²) in [6, 6.07) is 14.7. The number of hydrogen-bond acceptors (Lipinski definition) is 2. The molecule has 0 aliphatic carbocycles. The zero-order valence-corrected chi connectivity index (χ0v) is 11.1. The van der Waals surface area contributed by atoms with Gasteiger partial charge in [0.25, 0.3) is 5.91 Å². The van der Waals surface area contributed by atoms with Gasteiger partial charge in [0.15, 0.2) is 0 Å². The Kier molecular flexibility index (Phi) is 4.57. The third-order valence-electron chi connectivity index (χ3n) is 2.43. The standard InChI is InChI=1S/C14H12ClN3O2/c15-11-8-6-10(7-9-11)13(19)17-18-14(20)16-12-4-2-1-3-5-12/h1-9H,(H,17,19)(H2,16,18,20). The second kappa shape index (κ2) is 6.58. The highest BCUT2D eigenvalue weighted by molar-refractivity contribution is 6.30. The fourth-order valence-electron chi connectivity index (χ4n) is 1.47. The molecule has 102 valence electrons. The number of hydrogen-bond donors (Lipinski definition) is 3. The van der Waals surface area contributed by atoms with Gasteiger partial charge >= 0.3 is 6.03 Å². The van der Waals surface area contributed by atoms with Crippen LogP contribution in [-0.2, 0) is 0 Å². The lowest BCUT2D eigenvalue weighted by Gasteiger charge is -2.08. The number of amides is 3. The van der Waals surface area contributed by atoms with Crippen LogP contribution in [0.4, 0.5) is 10.5 Å². The van der Waals surface area contributed by atoms with E-state index in [0.29, 0.717) is 16.3 Å². The van der Waals surface area contributed by atoms with E-state index in [1.165, 1.54) is 0 Å². The van der Waals surface area contributed by atoms with Crippen LogP contribution < -0.4 is 16.2 Å². The van der Waals surface area contributed by atoms with Gasteiger partial charge in [0, 0.05) is 16.3 Å². The van der Waals surface area contributed by atoms with Gasteiger partial charge in [0.2, 0.25) is 0 Å². The highest BCUT2D eigenvalue weighted by Crippen LogP contribution is 2.09. The molecule has 0 spiro atoms. The quantitative estimate of drug-likeness (QED) is 0.744. The summed E-state index contributed by atoms with van der Waals surface area (Å²) >= 11 is 5.72. The van der Waals surface area contributed by atoms with Crippen molar-refractivity contribution in [1.29, 1.82) is 0 Å². The van der Waals surface area contributed by atoms with Crippen molar-refractivity contribution in [3.8, 4) is 0 Å². The predicted octanol–water partition coefficient (Wildman–Crippen LogP) is 2.81. The summed E-state index contributed by atoms with van der Waals surface area (Å²) in [6.45, 7) is 0. The van der Waals surface area contributed by atoms with E-state index < -0.39 is 11.9 Å². The number of urea groups is 1. The Morgan fingerprint density at radius 1 is 0.850 bits per heavy atom. The molecule has 0 fully saturated rings. The molecule has 5 nitrogen and oxygen atoms in total. The van der Waals surface area contributed by atoms with Crippen LogP contribution in [0.3, 0.4) is 0 Å². The first kappa shape index (κ1) is 13.9. The van der Waals surface area contributed by atoms with E-state index >= 15 is 0 Å². The number of nitrogens with one attached hydrogen (secondary N) is 3. The van der Waals surface area contributed by atoms with Gasteiger partial charge in [-0.25, -0.2) is 10.2 Å². The Morgan fingerprint density at radius 2 is 1.50 bits per heavy atom. The summed E-state index contributed by atoms with van der Waals surface area (Å²) in [6.07, 6.45) is 0. The molecule has 2 aromatic rings. The molecule has 2 rings (SSSR count). The Morgan fingerprint density at radius 3 is 2.15 bits per heavy atom. The molecule has 0 radical (unpaired) electrons. The Labute approximate surface area is 120 Å². The van der Waals surface area contributed by atoms with Gasteiger partial charge in [-0.1, -0.05) is 29.8 Å². The minimum Gasteiger partial charge on any atom is -0.307 e. The molecule has 0 saturated carbocycles. The van der Waals surface area contributed by atoms with Crippen molar-refractivity contribution in [3.05, 3.63) is 65.2 Å². The van der Waals surface area contributed by atoms with Crippen molar-refractivity contribution < 1.29 is 9.59 Å². The maximum Gasteiger partial charge on any atom is 0.337 e. The minimum absolute atomic E-state index is 0.398.